The predicted octanol–water partition coefficient (Wildman–Crippen LogP) is 3.06. The zero-order valence-corrected chi connectivity index (χ0v) is 10.4. The minimum atomic E-state index is 0.651. The highest BCUT2D eigenvalue weighted by Gasteiger charge is 2.09. The number of imidazole rings is 1. The fourth-order valence-electron chi connectivity index (χ4n) is 1.84. The molecule has 0 atom stereocenters. The smallest absolute Gasteiger partial charge is 0.153 e. The second-order valence-electron chi connectivity index (χ2n) is 3.79. The quantitative estimate of drug-likeness (QED) is 0.710. The molecule has 3 aromatic rings. The summed E-state index contributed by atoms with van der Waals surface area (Å²) in [6.45, 7) is 0. The molecular formula is C13H10ClN3O. The third-order valence-corrected chi connectivity index (χ3v) is 2.93. The van der Waals surface area contributed by atoms with Crippen molar-refractivity contribution >= 4 is 17.2 Å². The summed E-state index contributed by atoms with van der Waals surface area (Å²) in [4.78, 5) is 4.16. The average Bonchev–Trinajstić information content (AvgIpc) is 2.85. The van der Waals surface area contributed by atoms with Crippen molar-refractivity contribution in [2.75, 3.05) is 7.11 Å². The first-order valence-corrected chi connectivity index (χ1v) is 5.80. The molecule has 0 amide bonds. The van der Waals surface area contributed by atoms with Crippen molar-refractivity contribution in [3.05, 3.63) is 47.7 Å². The van der Waals surface area contributed by atoms with Crippen LogP contribution in [0.25, 0.3) is 16.9 Å². The van der Waals surface area contributed by atoms with E-state index in [0.29, 0.717) is 5.02 Å². The molecule has 0 radical (unpaired) electrons. The predicted molar refractivity (Wildman–Crippen MR) is 70.0 cm³/mol. The molecule has 1 aromatic carbocycles. The summed E-state index contributed by atoms with van der Waals surface area (Å²) in [5.74, 6) is 0.742. The van der Waals surface area contributed by atoms with Crippen molar-refractivity contribution < 1.29 is 4.74 Å². The largest absolute Gasteiger partial charge is 0.496 e. The number of ether oxygens (including phenoxy) is 1. The van der Waals surface area contributed by atoms with E-state index in [4.69, 9.17) is 16.3 Å². The van der Waals surface area contributed by atoms with Gasteiger partial charge in [0.05, 0.1) is 12.8 Å². The van der Waals surface area contributed by atoms with E-state index in [0.717, 1.165) is 22.7 Å². The van der Waals surface area contributed by atoms with Crippen LogP contribution in [0, 0.1) is 0 Å². The van der Waals surface area contributed by atoms with E-state index in [2.05, 4.69) is 10.1 Å². The first-order chi connectivity index (χ1) is 8.78. The Bertz CT molecular complexity index is 708. The van der Waals surface area contributed by atoms with E-state index in [1.54, 1.807) is 30.1 Å². The number of hydrogen-bond donors (Lipinski definition) is 0. The van der Waals surface area contributed by atoms with E-state index in [-0.39, 0.29) is 0 Å². The molecule has 0 bridgehead atoms. The Morgan fingerprint density at radius 1 is 1.22 bits per heavy atom. The Labute approximate surface area is 109 Å². The van der Waals surface area contributed by atoms with Crippen LogP contribution in [0.3, 0.4) is 0 Å². The molecule has 0 unspecified atom stereocenters. The van der Waals surface area contributed by atoms with Gasteiger partial charge in [-0.15, -0.1) is 0 Å². The number of rotatable bonds is 2. The van der Waals surface area contributed by atoms with Gasteiger partial charge in [-0.25, -0.2) is 9.50 Å². The molecule has 0 saturated heterocycles. The molecule has 0 N–H and O–H groups in total. The number of benzene rings is 1. The molecule has 0 aliphatic rings. The maximum atomic E-state index is 6.02. The topological polar surface area (TPSA) is 39.4 Å². The lowest BCUT2D eigenvalue weighted by Crippen LogP contribution is -1.95. The van der Waals surface area contributed by atoms with Crippen LogP contribution >= 0.6 is 11.6 Å². The maximum absolute atomic E-state index is 6.02. The molecule has 0 aliphatic carbocycles. The average molecular weight is 260 g/mol. The minimum absolute atomic E-state index is 0.651. The third kappa shape index (κ3) is 1.80. The van der Waals surface area contributed by atoms with E-state index >= 15 is 0 Å². The summed E-state index contributed by atoms with van der Waals surface area (Å²) in [7, 11) is 1.63. The molecule has 0 saturated carbocycles. The lowest BCUT2D eigenvalue weighted by Gasteiger charge is -2.08. The summed E-state index contributed by atoms with van der Waals surface area (Å²) >= 11 is 6.02. The SMILES string of the molecule is COc1ccc(Cl)cc1-c1ccc2nccn2n1. The molecular weight excluding hydrogens is 250 g/mol. The van der Waals surface area contributed by atoms with Gasteiger partial charge in [-0.3, -0.25) is 0 Å². The van der Waals surface area contributed by atoms with Crippen LogP contribution in [0.5, 0.6) is 5.75 Å². The molecule has 2 heterocycles. The lowest BCUT2D eigenvalue weighted by atomic mass is 10.1. The number of nitrogens with zero attached hydrogens (tertiary/aromatic N) is 3. The number of hydrogen-bond acceptors (Lipinski definition) is 3. The van der Waals surface area contributed by atoms with Crippen molar-refractivity contribution in [2.24, 2.45) is 0 Å². The molecule has 0 spiro atoms. The molecule has 90 valence electrons. The third-order valence-electron chi connectivity index (χ3n) is 2.69. The first kappa shape index (κ1) is 11.0. The van der Waals surface area contributed by atoms with Crippen LogP contribution in [0.4, 0.5) is 0 Å². The molecule has 18 heavy (non-hydrogen) atoms. The van der Waals surface area contributed by atoms with Gasteiger partial charge in [0.15, 0.2) is 5.65 Å². The van der Waals surface area contributed by atoms with Gasteiger partial charge in [0, 0.05) is 23.0 Å². The van der Waals surface area contributed by atoms with Crippen LogP contribution in [0.15, 0.2) is 42.7 Å². The number of methoxy groups -OCH3 is 1. The summed E-state index contributed by atoms with van der Waals surface area (Å²) in [6, 6.07) is 9.27. The standard InChI is InChI=1S/C13H10ClN3O/c1-18-12-4-2-9(14)8-10(12)11-3-5-13-15-6-7-17(13)16-11/h2-8H,1H3. The van der Waals surface area contributed by atoms with Crippen molar-refractivity contribution in [2.45, 2.75) is 0 Å². The highest BCUT2D eigenvalue weighted by atomic mass is 35.5. The highest BCUT2D eigenvalue weighted by molar-refractivity contribution is 6.30. The number of fused-ring (bicyclic) bond motifs is 1. The summed E-state index contributed by atoms with van der Waals surface area (Å²) in [5, 5.41) is 5.12. The zero-order chi connectivity index (χ0) is 12.5. The van der Waals surface area contributed by atoms with Crippen LogP contribution in [-0.4, -0.2) is 21.7 Å². The van der Waals surface area contributed by atoms with Crippen LogP contribution in [0.1, 0.15) is 0 Å². The molecule has 4 nitrogen and oxygen atoms in total. The van der Waals surface area contributed by atoms with Gasteiger partial charge < -0.3 is 4.74 Å². The van der Waals surface area contributed by atoms with E-state index in [9.17, 15) is 0 Å². The van der Waals surface area contributed by atoms with Gasteiger partial charge in [-0.1, -0.05) is 11.6 Å². The van der Waals surface area contributed by atoms with Crippen molar-refractivity contribution in [3.8, 4) is 17.0 Å². The van der Waals surface area contributed by atoms with Gasteiger partial charge in [0.2, 0.25) is 0 Å². The molecule has 2 aromatic heterocycles. The second-order valence-corrected chi connectivity index (χ2v) is 4.23. The Morgan fingerprint density at radius 2 is 2.11 bits per heavy atom. The van der Waals surface area contributed by atoms with Gasteiger partial charge in [-0.05, 0) is 30.3 Å². The Kier molecular flexibility index (Phi) is 2.64. The number of aromatic nitrogens is 3. The first-order valence-electron chi connectivity index (χ1n) is 5.42. The Morgan fingerprint density at radius 3 is 2.94 bits per heavy atom. The van der Waals surface area contributed by atoms with Crippen LogP contribution in [-0.2, 0) is 0 Å². The molecule has 0 fully saturated rings. The van der Waals surface area contributed by atoms with Crippen molar-refractivity contribution in [3.63, 3.8) is 0 Å². The number of halogens is 1. The van der Waals surface area contributed by atoms with Gasteiger partial charge in [-0.2, -0.15) is 5.10 Å². The molecule has 5 heteroatoms. The van der Waals surface area contributed by atoms with Crippen LogP contribution in [0.2, 0.25) is 5.02 Å². The van der Waals surface area contributed by atoms with E-state index < -0.39 is 0 Å². The van der Waals surface area contributed by atoms with Crippen molar-refractivity contribution in [1.82, 2.24) is 14.6 Å². The monoisotopic (exact) mass is 259 g/mol. The maximum Gasteiger partial charge on any atom is 0.153 e. The van der Waals surface area contributed by atoms with E-state index in [1.807, 2.05) is 24.3 Å². The second kappa shape index (κ2) is 4.31. The minimum Gasteiger partial charge on any atom is -0.496 e. The highest BCUT2D eigenvalue weighted by Crippen LogP contribution is 2.31. The van der Waals surface area contributed by atoms with Gasteiger partial charge >= 0.3 is 0 Å². The van der Waals surface area contributed by atoms with Gasteiger partial charge in [0.1, 0.15) is 5.75 Å². The van der Waals surface area contributed by atoms with Crippen molar-refractivity contribution in [1.29, 1.82) is 0 Å². The summed E-state index contributed by atoms with van der Waals surface area (Å²) in [6.07, 6.45) is 3.51. The fraction of sp³-hybridized carbons (Fsp3) is 0.0769. The Hall–Kier alpha value is -2.07. The van der Waals surface area contributed by atoms with Crippen LogP contribution < -0.4 is 4.74 Å². The zero-order valence-electron chi connectivity index (χ0n) is 9.67. The van der Waals surface area contributed by atoms with Gasteiger partial charge in [0.25, 0.3) is 0 Å². The molecule has 0 aliphatic heterocycles. The lowest BCUT2D eigenvalue weighted by molar-refractivity contribution is 0.416. The summed E-state index contributed by atoms with van der Waals surface area (Å²) in [5.41, 5.74) is 2.46. The fourth-order valence-corrected chi connectivity index (χ4v) is 2.01. The summed E-state index contributed by atoms with van der Waals surface area (Å²) < 4.78 is 7.04. The Balaban J connectivity index is 2.21. The van der Waals surface area contributed by atoms with E-state index in [1.165, 1.54) is 0 Å². The molecule has 3 rings (SSSR count). The normalized spacial score (nSPS) is 10.8.